The number of aryl methyl sites for hydroxylation is 1. The zero-order chi connectivity index (χ0) is 13.1. The number of benzene rings is 1. The number of nitrogens with zero attached hydrogens (tertiary/aromatic N) is 2. The number of hydrogen-bond donors (Lipinski definition) is 0. The summed E-state index contributed by atoms with van der Waals surface area (Å²) >= 11 is 3.86. The molecule has 0 aliphatic carbocycles. The zero-order valence-corrected chi connectivity index (χ0v) is 13.9. The first-order valence-corrected chi connectivity index (χ1v) is 9.76. The molecule has 1 heterocycles. The second kappa shape index (κ2) is 6.37. The monoisotopic (exact) mass is 392 g/mol. The molecule has 1 atom stereocenters. The summed E-state index contributed by atoms with van der Waals surface area (Å²) in [6.07, 6.45) is -0.500. The summed E-state index contributed by atoms with van der Waals surface area (Å²) in [5.74, 6) is 1.05. The standard InChI is InChI=1S/C12H13IN2OS2/c1-8-5-9(11(7-14)16-18-13)12-10(6-8)15(2)3-4-17-12/h5-6,11H,3-4H2,1-2H3. The molecule has 1 aliphatic heterocycles. The van der Waals surface area contributed by atoms with Gasteiger partial charge in [0.05, 0.1) is 14.9 Å². The van der Waals surface area contributed by atoms with Crippen molar-refractivity contribution in [2.75, 3.05) is 24.2 Å². The normalized spacial score (nSPS) is 16.0. The lowest BCUT2D eigenvalue weighted by Crippen LogP contribution is -2.25. The second-order valence-corrected chi connectivity index (χ2v) is 6.64. The van der Waals surface area contributed by atoms with E-state index < -0.39 is 6.10 Å². The van der Waals surface area contributed by atoms with Crippen molar-refractivity contribution in [2.24, 2.45) is 0 Å². The van der Waals surface area contributed by atoms with Gasteiger partial charge in [0, 0.05) is 51.0 Å². The number of hydrogen-bond acceptors (Lipinski definition) is 5. The van der Waals surface area contributed by atoms with E-state index in [1.54, 1.807) is 0 Å². The van der Waals surface area contributed by atoms with E-state index in [4.69, 9.17) is 4.18 Å². The molecule has 0 fully saturated rings. The summed E-state index contributed by atoms with van der Waals surface area (Å²) in [5, 5.41) is 9.25. The fourth-order valence-electron chi connectivity index (χ4n) is 2.00. The zero-order valence-electron chi connectivity index (χ0n) is 10.1. The van der Waals surface area contributed by atoms with Crippen molar-refractivity contribution in [1.82, 2.24) is 0 Å². The highest BCUT2D eigenvalue weighted by Gasteiger charge is 2.23. The summed E-state index contributed by atoms with van der Waals surface area (Å²) in [4.78, 5) is 3.43. The van der Waals surface area contributed by atoms with Gasteiger partial charge in [0.15, 0.2) is 6.10 Å². The summed E-state index contributed by atoms with van der Waals surface area (Å²) in [6.45, 7) is 3.10. The largest absolute Gasteiger partial charge is 0.373 e. The van der Waals surface area contributed by atoms with Gasteiger partial charge in [-0.1, -0.05) is 6.07 Å². The molecule has 0 spiro atoms. The lowest BCUT2D eigenvalue weighted by molar-refractivity contribution is 0.315. The maximum atomic E-state index is 9.25. The quantitative estimate of drug-likeness (QED) is 0.572. The van der Waals surface area contributed by atoms with Gasteiger partial charge in [-0.25, -0.2) is 0 Å². The Morgan fingerprint density at radius 3 is 3.06 bits per heavy atom. The van der Waals surface area contributed by atoms with Crippen molar-refractivity contribution in [3.8, 4) is 6.07 Å². The molecular weight excluding hydrogens is 379 g/mol. The van der Waals surface area contributed by atoms with Crippen molar-refractivity contribution in [2.45, 2.75) is 17.9 Å². The summed E-state index contributed by atoms with van der Waals surface area (Å²) in [7, 11) is 3.31. The third kappa shape index (κ3) is 2.90. The van der Waals surface area contributed by atoms with Gasteiger partial charge in [-0.2, -0.15) is 5.26 Å². The molecule has 1 aromatic rings. The SMILES string of the molecule is Cc1cc(C(C#N)OSI)c2c(c1)N(C)CCS2. The van der Waals surface area contributed by atoms with E-state index in [9.17, 15) is 5.26 Å². The molecule has 3 nitrogen and oxygen atoms in total. The second-order valence-electron chi connectivity index (χ2n) is 4.14. The smallest absolute Gasteiger partial charge is 0.185 e. The lowest BCUT2D eigenvalue weighted by atomic mass is 10.1. The van der Waals surface area contributed by atoms with Gasteiger partial charge in [0.1, 0.15) is 6.07 Å². The maximum Gasteiger partial charge on any atom is 0.185 e. The first-order chi connectivity index (χ1) is 8.67. The Morgan fingerprint density at radius 1 is 1.61 bits per heavy atom. The van der Waals surface area contributed by atoms with Gasteiger partial charge >= 0.3 is 0 Å². The number of thioether (sulfide) groups is 1. The third-order valence-corrected chi connectivity index (χ3v) is 4.87. The summed E-state index contributed by atoms with van der Waals surface area (Å²) in [5.41, 5.74) is 3.37. The molecule has 6 heteroatoms. The Bertz CT molecular complexity index is 490. The number of halogens is 1. The van der Waals surface area contributed by atoms with Crippen LogP contribution in [0.3, 0.4) is 0 Å². The molecule has 2 rings (SSSR count). The van der Waals surface area contributed by atoms with E-state index in [2.05, 4.69) is 37.1 Å². The molecule has 1 aromatic carbocycles. The van der Waals surface area contributed by atoms with Crippen LogP contribution in [0.15, 0.2) is 17.0 Å². The molecule has 0 saturated heterocycles. The van der Waals surface area contributed by atoms with Crippen molar-refractivity contribution in [1.29, 1.82) is 5.26 Å². The minimum atomic E-state index is -0.500. The van der Waals surface area contributed by atoms with Crippen LogP contribution < -0.4 is 4.90 Å². The molecule has 0 amide bonds. The number of nitriles is 1. The highest BCUT2D eigenvalue weighted by atomic mass is 127. The fraction of sp³-hybridized carbons (Fsp3) is 0.417. The van der Waals surface area contributed by atoms with Gasteiger partial charge in [0.25, 0.3) is 0 Å². The minimum absolute atomic E-state index is 0.500. The van der Waals surface area contributed by atoms with E-state index in [0.29, 0.717) is 0 Å². The Balaban J connectivity index is 2.50. The van der Waals surface area contributed by atoms with Crippen LogP contribution in [-0.4, -0.2) is 19.3 Å². The number of anilines is 1. The predicted octanol–water partition coefficient (Wildman–Crippen LogP) is 4.12. The van der Waals surface area contributed by atoms with Gasteiger partial charge in [0.2, 0.25) is 0 Å². The average Bonchev–Trinajstić information content (AvgIpc) is 2.36. The predicted molar refractivity (Wildman–Crippen MR) is 86.2 cm³/mol. The van der Waals surface area contributed by atoms with Crippen molar-refractivity contribution >= 4 is 47.9 Å². The number of rotatable bonds is 3. The van der Waals surface area contributed by atoms with Crippen LogP contribution in [0.2, 0.25) is 0 Å². The van der Waals surface area contributed by atoms with Gasteiger partial charge in [-0.3, -0.25) is 4.18 Å². The molecular formula is C12H13IN2OS2. The minimum Gasteiger partial charge on any atom is -0.373 e. The molecule has 18 heavy (non-hydrogen) atoms. The molecule has 0 radical (unpaired) electrons. The topological polar surface area (TPSA) is 36.3 Å². The van der Waals surface area contributed by atoms with Gasteiger partial charge in [-0.15, -0.1) is 11.8 Å². The van der Waals surface area contributed by atoms with Crippen LogP contribution in [-0.2, 0) is 4.18 Å². The van der Waals surface area contributed by atoms with Crippen LogP contribution >= 0.6 is 42.2 Å². The fourth-order valence-corrected chi connectivity index (χ4v) is 4.11. The van der Waals surface area contributed by atoms with Crippen LogP contribution in [0.4, 0.5) is 5.69 Å². The van der Waals surface area contributed by atoms with Crippen molar-refractivity contribution in [3.63, 3.8) is 0 Å². The van der Waals surface area contributed by atoms with Crippen molar-refractivity contribution < 1.29 is 4.18 Å². The average molecular weight is 392 g/mol. The van der Waals surface area contributed by atoms with Crippen LogP contribution in [0, 0.1) is 18.3 Å². The van der Waals surface area contributed by atoms with E-state index in [1.165, 1.54) is 25.4 Å². The van der Waals surface area contributed by atoms with Crippen LogP contribution in [0.5, 0.6) is 0 Å². The van der Waals surface area contributed by atoms with Gasteiger partial charge in [-0.05, 0) is 18.6 Å². The molecule has 1 aliphatic rings. The van der Waals surface area contributed by atoms with E-state index >= 15 is 0 Å². The van der Waals surface area contributed by atoms with E-state index in [1.807, 2.05) is 33.0 Å². The first-order valence-electron chi connectivity index (χ1n) is 5.49. The van der Waals surface area contributed by atoms with Crippen molar-refractivity contribution in [3.05, 3.63) is 23.3 Å². The molecule has 0 aromatic heterocycles. The Kier molecular flexibility index (Phi) is 5.06. The third-order valence-electron chi connectivity index (χ3n) is 2.86. The highest BCUT2D eigenvalue weighted by molar-refractivity contribution is 14.2. The molecule has 1 unspecified atom stereocenters. The first kappa shape index (κ1) is 14.3. The molecule has 0 saturated carbocycles. The molecule has 96 valence electrons. The summed E-state index contributed by atoms with van der Waals surface area (Å²) in [6, 6.07) is 6.47. The van der Waals surface area contributed by atoms with Crippen LogP contribution in [0.1, 0.15) is 17.2 Å². The Morgan fingerprint density at radius 2 is 2.39 bits per heavy atom. The summed E-state index contributed by atoms with van der Waals surface area (Å²) < 4.78 is 5.44. The lowest BCUT2D eigenvalue weighted by Gasteiger charge is -2.29. The van der Waals surface area contributed by atoms with Gasteiger partial charge < -0.3 is 4.90 Å². The molecule has 0 N–H and O–H groups in total. The Labute approximate surface area is 128 Å². The Hall–Kier alpha value is -0.100. The molecule has 0 bridgehead atoms. The maximum absolute atomic E-state index is 9.25. The number of fused-ring (bicyclic) bond motifs is 1. The van der Waals surface area contributed by atoms with E-state index in [0.717, 1.165) is 17.9 Å². The highest BCUT2D eigenvalue weighted by Crippen LogP contribution is 2.42. The van der Waals surface area contributed by atoms with E-state index in [-0.39, 0.29) is 0 Å². The van der Waals surface area contributed by atoms with Crippen LogP contribution in [0.25, 0.3) is 0 Å².